The van der Waals surface area contributed by atoms with Gasteiger partial charge >= 0.3 is 0 Å². The molecule has 1 unspecified atom stereocenters. The van der Waals surface area contributed by atoms with E-state index < -0.39 is 0 Å². The zero-order valence-electron chi connectivity index (χ0n) is 12.0. The van der Waals surface area contributed by atoms with Gasteiger partial charge < -0.3 is 15.0 Å². The lowest BCUT2D eigenvalue weighted by atomic mass is 9.91. The molecule has 1 atom stereocenters. The Bertz CT molecular complexity index is 637. The summed E-state index contributed by atoms with van der Waals surface area (Å²) in [5, 5.41) is 3.52. The second kappa shape index (κ2) is 6.59. The third-order valence-corrected chi connectivity index (χ3v) is 3.84. The number of para-hydroxylation sites is 1. The van der Waals surface area contributed by atoms with Crippen LogP contribution in [-0.2, 0) is 6.42 Å². The number of hydrogen-bond acceptors (Lipinski definition) is 3. The summed E-state index contributed by atoms with van der Waals surface area (Å²) >= 11 is 0. The van der Waals surface area contributed by atoms with Crippen LogP contribution in [0.2, 0.25) is 0 Å². The second-order valence-electron chi connectivity index (χ2n) is 5.32. The Labute approximate surface area is 124 Å². The minimum Gasteiger partial charge on any atom is -0.492 e. The van der Waals surface area contributed by atoms with Crippen LogP contribution in [0.3, 0.4) is 0 Å². The van der Waals surface area contributed by atoms with Crippen LogP contribution in [0.1, 0.15) is 30.1 Å². The van der Waals surface area contributed by atoms with Gasteiger partial charge in [-0.1, -0.05) is 24.3 Å². The monoisotopic (exact) mass is 284 g/mol. The number of H-pyrrole nitrogens is 1. The van der Waals surface area contributed by atoms with Crippen molar-refractivity contribution < 1.29 is 4.74 Å². The van der Waals surface area contributed by atoms with Gasteiger partial charge in [0.15, 0.2) is 0 Å². The molecule has 21 heavy (non-hydrogen) atoms. The lowest BCUT2D eigenvalue weighted by molar-refractivity contribution is 0.300. The molecule has 4 nitrogen and oxygen atoms in total. The van der Waals surface area contributed by atoms with Crippen LogP contribution in [0.5, 0.6) is 5.75 Å². The summed E-state index contributed by atoms with van der Waals surface area (Å²) in [7, 11) is 0. The van der Waals surface area contributed by atoms with Gasteiger partial charge in [-0.3, -0.25) is 4.79 Å². The Hall–Kier alpha value is -2.07. The molecule has 1 heterocycles. The smallest absolute Gasteiger partial charge is 0.248 e. The molecule has 0 bridgehead atoms. The van der Waals surface area contributed by atoms with Crippen molar-refractivity contribution >= 4 is 0 Å². The van der Waals surface area contributed by atoms with Gasteiger partial charge in [0.2, 0.25) is 5.56 Å². The van der Waals surface area contributed by atoms with Crippen molar-refractivity contribution in [3.63, 3.8) is 0 Å². The molecule has 0 saturated heterocycles. The summed E-state index contributed by atoms with van der Waals surface area (Å²) in [5.41, 5.74) is 2.29. The molecule has 0 aliphatic heterocycles. The van der Waals surface area contributed by atoms with Gasteiger partial charge in [-0.2, -0.15) is 0 Å². The quantitative estimate of drug-likeness (QED) is 0.829. The average Bonchev–Trinajstić information content (AvgIpc) is 2.52. The molecule has 1 aliphatic rings. The van der Waals surface area contributed by atoms with Crippen molar-refractivity contribution in [2.75, 3.05) is 13.2 Å². The van der Waals surface area contributed by atoms with Crippen LogP contribution in [0.15, 0.2) is 47.3 Å². The molecule has 4 heteroatoms. The summed E-state index contributed by atoms with van der Waals surface area (Å²) in [6, 6.07) is 13.7. The standard InChI is InChI=1S/C17H20N2O2/c20-17-10-9-14-15(7-4-8-16(14)19-17)18-11-12-21-13-5-2-1-3-6-13/h1-3,5-6,9-10,15,18H,4,7-8,11-12H2,(H,19,20). The van der Waals surface area contributed by atoms with E-state index in [1.165, 1.54) is 5.56 Å². The maximum atomic E-state index is 11.4. The maximum absolute atomic E-state index is 11.4. The highest BCUT2D eigenvalue weighted by Crippen LogP contribution is 2.27. The van der Waals surface area contributed by atoms with E-state index in [9.17, 15) is 4.79 Å². The first kappa shape index (κ1) is 13.9. The lowest BCUT2D eigenvalue weighted by Crippen LogP contribution is -2.30. The number of hydrogen-bond donors (Lipinski definition) is 2. The molecular formula is C17H20N2O2. The van der Waals surface area contributed by atoms with Gasteiger partial charge in [-0.05, 0) is 37.0 Å². The molecule has 0 fully saturated rings. The molecule has 3 rings (SSSR count). The maximum Gasteiger partial charge on any atom is 0.248 e. The Morgan fingerprint density at radius 3 is 2.90 bits per heavy atom. The molecule has 1 aromatic heterocycles. The molecular weight excluding hydrogens is 264 g/mol. The van der Waals surface area contributed by atoms with Crippen molar-refractivity contribution in [3.8, 4) is 5.75 Å². The van der Waals surface area contributed by atoms with Crippen LogP contribution in [-0.4, -0.2) is 18.1 Å². The first-order valence-corrected chi connectivity index (χ1v) is 7.46. The fourth-order valence-corrected chi connectivity index (χ4v) is 2.83. The zero-order valence-corrected chi connectivity index (χ0v) is 12.0. The number of ether oxygens (including phenoxy) is 1. The Kier molecular flexibility index (Phi) is 4.36. The molecule has 110 valence electrons. The number of aromatic amines is 1. The molecule has 0 amide bonds. The lowest BCUT2D eigenvalue weighted by Gasteiger charge is -2.26. The minimum atomic E-state index is -0.0122. The number of aromatic nitrogens is 1. The van der Waals surface area contributed by atoms with Crippen LogP contribution >= 0.6 is 0 Å². The topological polar surface area (TPSA) is 54.1 Å². The molecule has 1 aromatic carbocycles. The molecule has 0 spiro atoms. The average molecular weight is 284 g/mol. The molecule has 0 saturated carbocycles. The van der Waals surface area contributed by atoms with Crippen LogP contribution in [0.25, 0.3) is 0 Å². The van der Waals surface area contributed by atoms with Gasteiger partial charge in [0.05, 0.1) is 0 Å². The van der Waals surface area contributed by atoms with Gasteiger partial charge in [0, 0.05) is 24.3 Å². The predicted octanol–water partition coefficient (Wildman–Crippen LogP) is 2.42. The number of benzene rings is 1. The molecule has 1 aliphatic carbocycles. The van der Waals surface area contributed by atoms with E-state index in [1.807, 2.05) is 36.4 Å². The van der Waals surface area contributed by atoms with E-state index in [-0.39, 0.29) is 5.56 Å². The first-order valence-electron chi connectivity index (χ1n) is 7.46. The van der Waals surface area contributed by atoms with Crippen LogP contribution in [0, 0.1) is 0 Å². The van der Waals surface area contributed by atoms with E-state index in [1.54, 1.807) is 6.07 Å². The van der Waals surface area contributed by atoms with E-state index in [2.05, 4.69) is 10.3 Å². The van der Waals surface area contributed by atoms with Crippen molar-refractivity contribution in [3.05, 3.63) is 64.1 Å². The summed E-state index contributed by atoms with van der Waals surface area (Å²) < 4.78 is 5.68. The minimum absolute atomic E-state index is 0.0122. The highest BCUT2D eigenvalue weighted by atomic mass is 16.5. The number of nitrogens with one attached hydrogen (secondary N) is 2. The number of pyridine rings is 1. The van der Waals surface area contributed by atoms with Crippen molar-refractivity contribution in [2.24, 2.45) is 0 Å². The van der Waals surface area contributed by atoms with Gasteiger partial charge in [-0.25, -0.2) is 0 Å². The van der Waals surface area contributed by atoms with Crippen molar-refractivity contribution in [2.45, 2.75) is 25.3 Å². The Morgan fingerprint density at radius 1 is 1.19 bits per heavy atom. The largest absolute Gasteiger partial charge is 0.492 e. The summed E-state index contributed by atoms with van der Waals surface area (Å²) in [4.78, 5) is 14.3. The zero-order chi connectivity index (χ0) is 14.5. The van der Waals surface area contributed by atoms with Crippen LogP contribution in [0.4, 0.5) is 0 Å². The number of aryl methyl sites for hydroxylation is 1. The predicted molar refractivity (Wildman–Crippen MR) is 82.7 cm³/mol. The van der Waals surface area contributed by atoms with E-state index >= 15 is 0 Å². The normalized spacial score (nSPS) is 17.2. The molecule has 2 N–H and O–H groups in total. The second-order valence-corrected chi connectivity index (χ2v) is 5.32. The fourth-order valence-electron chi connectivity index (χ4n) is 2.83. The third kappa shape index (κ3) is 3.52. The van der Waals surface area contributed by atoms with Crippen molar-refractivity contribution in [1.29, 1.82) is 0 Å². The summed E-state index contributed by atoms with van der Waals surface area (Å²) in [5.74, 6) is 0.896. The number of fused-ring (bicyclic) bond motifs is 1. The highest BCUT2D eigenvalue weighted by Gasteiger charge is 2.19. The Morgan fingerprint density at radius 2 is 2.05 bits per heavy atom. The van der Waals surface area contributed by atoms with E-state index in [0.717, 1.165) is 37.3 Å². The van der Waals surface area contributed by atoms with Gasteiger partial charge in [0.25, 0.3) is 0 Å². The molecule has 2 aromatic rings. The molecule has 0 radical (unpaired) electrons. The van der Waals surface area contributed by atoms with E-state index in [4.69, 9.17) is 4.74 Å². The van der Waals surface area contributed by atoms with E-state index in [0.29, 0.717) is 12.6 Å². The van der Waals surface area contributed by atoms with Gasteiger partial charge in [-0.15, -0.1) is 0 Å². The summed E-state index contributed by atoms with van der Waals surface area (Å²) in [6.07, 6.45) is 3.17. The van der Waals surface area contributed by atoms with Crippen LogP contribution < -0.4 is 15.6 Å². The third-order valence-electron chi connectivity index (χ3n) is 3.84. The van der Waals surface area contributed by atoms with Gasteiger partial charge in [0.1, 0.15) is 12.4 Å². The Balaban J connectivity index is 1.54. The SMILES string of the molecule is O=c1ccc2c([nH]1)CCCC2NCCOc1ccccc1. The fraction of sp³-hybridized carbons (Fsp3) is 0.353. The van der Waals surface area contributed by atoms with Crippen molar-refractivity contribution in [1.82, 2.24) is 10.3 Å². The summed E-state index contributed by atoms with van der Waals surface area (Å²) in [6.45, 7) is 1.43. The first-order chi connectivity index (χ1) is 10.3. The number of rotatable bonds is 5. The highest BCUT2D eigenvalue weighted by molar-refractivity contribution is 5.26.